The van der Waals surface area contributed by atoms with Crippen molar-refractivity contribution in [3.05, 3.63) is 71.9 Å². The highest BCUT2D eigenvalue weighted by Gasteiger charge is 2.17. The summed E-state index contributed by atoms with van der Waals surface area (Å²) in [6.45, 7) is 0.682. The van der Waals surface area contributed by atoms with Gasteiger partial charge in [0.2, 0.25) is 5.90 Å². The van der Waals surface area contributed by atoms with Crippen molar-refractivity contribution in [3.8, 4) is 5.75 Å². The fourth-order valence-electron chi connectivity index (χ4n) is 4.10. The minimum absolute atomic E-state index is 0.378. The van der Waals surface area contributed by atoms with Gasteiger partial charge in [-0.15, -0.1) is 0 Å². The summed E-state index contributed by atoms with van der Waals surface area (Å²) < 4.78 is 12.1. The standard InChI is InChI=1S/C25H26N2O2/c1-2-6-21(5-1)29-22-11-8-18(9-12-22)24-7-3-4-16-28-25(27-24)20-10-13-23-19(17-20)14-15-26-23/h7-15,17,21,26H,1-6,16H2. The quantitative estimate of drug-likeness (QED) is 0.590. The van der Waals surface area contributed by atoms with Gasteiger partial charge >= 0.3 is 0 Å². The van der Waals surface area contributed by atoms with Crippen LogP contribution in [0.25, 0.3) is 16.6 Å². The van der Waals surface area contributed by atoms with Gasteiger partial charge in [0.1, 0.15) is 5.75 Å². The number of aromatic nitrogens is 1. The molecule has 4 nitrogen and oxygen atoms in total. The topological polar surface area (TPSA) is 46.6 Å². The van der Waals surface area contributed by atoms with Crippen molar-refractivity contribution in [1.29, 1.82) is 0 Å². The first-order valence-electron chi connectivity index (χ1n) is 10.6. The Hall–Kier alpha value is -3.01. The van der Waals surface area contributed by atoms with Crippen molar-refractivity contribution in [2.45, 2.75) is 44.6 Å². The van der Waals surface area contributed by atoms with Crippen molar-refractivity contribution in [1.82, 2.24) is 4.98 Å². The predicted molar refractivity (Wildman–Crippen MR) is 117 cm³/mol. The molecule has 148 valence electrons. The van der Waals surface area contributed by atoms with E-state index in [-0.39, 0.29) is 0 Å². The third-order valence-electron chi connectivity index (χ3n) is 5.70. The number of fused-ring (bicyclic) bond motifs is 1. The number of rotatable bonds is 4. The molecule has 29 heavy (non-hydrogen) atoms. The van der Waals surface area contributed by atoms with Crippen LogP contribution in [0.15, 0.2) is 65.8 Å². The van der Waals surface area contributed by atoms with Crippen LogP contribution in [0.2, 0.25) is 0 Å². The van der Waals surface area contributed by atoms with Crippen LogP contribution in [-0.4, -0.2) is 23.6 Å². The fraction of sp³-hybridized carbons (Fsp3) is 0.320. The van der Waals surface area contributed by atoms with Gasteiger partial charge in [0.15, 0.2) is 0 Å². The maximum Gasteiger partial charge on any atom is 0.221 e. The first-order chi connectivity index (χ1) is 14.3. The van der Waals surface area contributed by atoms with E-state index in [1.165, 1.54) is 25.7 Å². The average molecular weight is 386 g/mol. The Bertz CT molecular complexity index is 1040. The number of nitrogens with zero attached hydrogens (tertiary/aromatic N) is 1. The van der Waals surface area contributed by atoms with Gasteiger partial charge in [0.25, 0.3) is 0 Å². The zero-order valence-corrected chi connectivity index (χ0v) is 16.6. The predicted octanol–water partition coefficient (Wildman–Crippen LogP) is 6.09. The van der Waals surface area contributed by atoms with Gasteiger partial charge in [0.05, 0.1) is 18.4 Å². The molecular formula is C25H26N2O2. The molecular weight excluding hydrogens is 360 g/mol. The molecule has 0 amide bonds. The van der Waals surface area contributed by atoms with E-state index in [1.54, 1.807) is 0 Å². The van der Waals surface area contributed by atoms with E-state index < -0.39 is 0 Å². The molecule has 1 aliphatic heterocycles. The van der Waals surface area contributed by atoms with Gasteiger partial charge in [-0.2, -0.15) is 0 Å². The summed E-state index contributed by atoms with van der Waals surface area (Å²) in [5.74, 6) is 1.63. The molecule has 3 aromatic rings. The lowest BCUT2D eigenvalue weighted by Gasteiger charge is -2.15. The summed E-state index contributed by atoms with van der Waals surface area (Å²) in [6, 6.07) is 16.7. The molecule has 0 atom stereocenters. The van der Waals surface area contributed by atoms with Gasteiger partial charge in [-0.25, -0.2) is 4.99 Å². The normalized spacial score (nSPS) is 17.9. The Balaban J connectivity index is 1.41. The zero-order valence-electron chi connectivity index (χ0n) is 16.6. The minimum atomic E-state index is 0.378. The van der Waals surface area contributed by atoms with E-state index in [0.29, 0.717) is 18.6 Å². The molecule has 5 rings (SSSR count). The molecule has 2 aromatic carbocycles. The summed E-state index contributed by atoms with van der Waals surface area (Å²) in [4.78, 5) is 8.14. The van der Waals surface area contributed by atoms with Crippen molar-refractivity contribution in [2.75, 3.05) is 6.61 Å². The molecule has 1 aromatic heterocycles. The number of benzene rings is 2. The maximum atomic E-state index is 6.10. The molecule has 0 unspecified atom stereocenters. The zero-order chi connectivity index (χ0) is 19.5. The van der Waals surface area contributed by atoms with E-state index in [4.69, 9.17) is 14.5 Å². The number of hydrogen-bond donors (Lipinski definition) is 1. The summed E-state index contributed by atoms with van der Waals surface area (Å²) in [5.41, 5.74) is 4.18. The van der Waals surface area contributed by atoms with Gasteiger partial charge < -0.3 is 14.5 Å². The van der Waals surface area contributed by atoms with Crippen LogP contribution in [0, 0.1) is 0 Å². The molecule has 2 aliphatic rings. The highest BCUT2D eigenvalue weighted by atomic mass is 16.5. The Morgan fingerprint density at radius 1 is 0.931 bits per heavy atom. The van der Waals surface area contributed by atoms with Crippen molar-refractivity contribution >= 4 is 22.5 Å². The van der Waals surface area contributed by atoms with Crippen LogP contribution in [0.4, 0.5) is 0 Å². The van der Waals surface area contributed by atoms with Crippen LogP contribution < -0.4 is 4.74 Å². The SMILES string of the molecule is C1=C(c2ccc(OC3CCCC3)cc2)N=C(c2ccc3[nH]ccc3c2)OCCC1. The Labute approximate surface area is 171 Å². The lowest BCUT2D eigenvalue weighted by atomic mass is 10.1. The lowest BCUT2D eigenvalue weighted by Crippen LogP contribution is -2.11. The van der Waals surface area contributed by atoms with Gasteiger partial charge in [-0.3, -0.25) is 0 Å². The van der Waals surface area contributed by atoms with Crippen LogP contribution in [0.1, 0.15) is 49.7 Å². The van der Waals surface area contributed by atoms with Crippen LogP contribution >= 0.6 is 0 Å². The van der Waals surface area contributed by atoms with E-state index >= 15 is 0 Å². The number of hydrogen-bond acceptors (Lipinski definition) is 3. The summed E-state index contributed by atoms with van der Waals surface area (Å²) in [6.07, 6.45) is 11.4. The summed E-state index contributed by atoms with van der Waals surface area (Å²) in [7, 11) is 0. The molecule has 0 saturated heterocycles. The maximum absolute atomic E-state index is 6.10. The second-order valence-corrected chi connectivity index (χ2v) is 7.83. The molecule has 1 aliphatic carbocycles. The number of nitrogens with one attached hydrogen (secondary N) is 1. The number of ether oxygens (including phenoxy) is 2. The van der Waals surface area contributed by atoms with Crippen LogP contribution in [-0.2, 0) is 4.74 Å². The number of allylic oxidation sites excluding steroid dienone is 1. The third kappa shape index (κ3) is 4.07. The van der Waals surface area contributed by atoms with E-state index in [1.807, 2.05) is 6.20 Å². The fourth-order valence-corrected chi connectivity index (χ4v) is 4.10. The lowest BCUT2D eigenvalue weighted by molar-refractivity contribution is 0.210. The number of aliphatic imine (C=N–C) groups is 1. The molecule has 0 radical (unpaired) electrons. The van der Waals surface area contributed by atoms with Gasteiger partial charge in [-0.05, 0) is 87.1 Å². The highest BCUT2D eigenvalue weighted by molar-refractivity contribution is 6.00. The van der Waals surface area contributed by atoms with Crippen molar-refractivity contribution in [3.63, 3.8) is 0 Å². The second-order valence-electron chi connectivity index (χ2n) is 7.83. The Morgan fingerprint density at radius 3 is 2.62 bits per heavy atom. The van der Waals surface area contributed by atoms with Gasteiger partial charge in [-0.1, -0.05) is 6.08 Å². The molecule has 0 spiro atoms. The van der Waals surface area contributed by atoms with E-state index in [9.17, 15) is 0 Å². The van der Waals surface area contributed by atoms with Crippen molar-refractivity contribution in [2.24, 2.45) is 4.99 Å². The molecule has 1 fully saturated rings. The number of aromatic amines is 1. The summed E-state index contributed by atoms with van der Waals surface area (Å²) in [5, 5.41) is 1.16. The van der Waals surface area contributed by atoms with Gasteiger partial charge in [0, 0.05) is 28.2 Å². The summed E-state index contributed by atoms with van der Waals surface area (Å²) >= 11 is 0. The first kappa shape index (κ1) is 18.0. The number of H-pyrrole nitrogens is 1. The van der Waals surface area contributed by atoms with Crippen molar-refractivity contribution < 1.29 is 9.47 Å². The van der Waals surface area contributed by atoms with E-state index in [2.05, 4.69) is 59.6 Å². The molecule has 0 bridgehead atoms. The first-order valence-corrected chi connectivity index (χ1v) is 10.6. The molecule has 2 heterocycles. The Morgan fingerprint density at radius 2 is 1.76 bits per heavy atom. The molecule has 4 heteroatoms. The van der Waals surface area contributed by atoms with E-state index in [0.717, 1.165) is 46.3 Å². The monoisotopic (exact) mass is 386 g/mol. The Kier molecular flexibility index (Phi) is 5.08. The molecule has 1 N–H and O–H groups in total. The highest BCUT2D eigenvalue weighted by Crippen LogP contribution is 2.27. The average Bonchev–Trinajstić information content (AvgIpc) is 3.40. The smallest absolute Gasteiger partial charge is 0.221 e. The second kappa shape index (κ2) is 8.16. The van der Waals surface area contributed by atoms with Crippen LogP contribution in [0.5, 0.6) is 5.75 Å². The van der Waals surface area contributed by atoms with Crippen LogP contribution in [0.3, 0.4) is 0 Å². The third-order valence-corrected chi connectivity index (χ3v) is 5.70. The largest absolute Gasteiger partial charge is 0.490 e. The molecule has 1 saturated carbocycles. The minimum Gasteiger partial charge on any atom is -0.490 e.